The molecule has 0 radical (unpaired) electrons. The maximum atomic E-state index is 5.92. The first-order valence-electron chi connectivity index (χ1n) is 10.8. The molecule has 1 aromatic carbocycles. The van der Waals surface area contributed by atoms with E-state index >= 15 is 0 Å². The van der Waals surface area contributed by atoms with E-state index in [1.165, 1.54) is 50.0 Å². The zero-order chi connectivity index (χ0) is 21.1. The van der Waals surface area contributed by atoms with Gasteiger partial charge < -0.3 is 16.2 Å². The summed E-state index contributed by atoms with van der Waals surface area (Å²) < 4.78 is 5.84. The van der Waals surface area contributed by atoms with E-state index in [0.717, 1.165) is 24.3 Å². The third kappa shape index (κ3) is 7.93. The van der Waals surface area contributed by atoms with Crippen molar-refractivity contribution in [3.05, 3.63) is 29.8 Å². The van der Waals surface area contributed by atoms with Crippen molar-refractivity contribution in [3.8, 4) is 5.75 Å². The minimum atomic E-state index is -0.699. The molecule has 0 amide bonds. The van der Waals surface area contributed by atoms with Crippen LogP contribution in [0.5, 0.6) is 5.75 Å². The van der Waals surface area contributed by atoms with E-state index in [2.05, 4.69) is 16.9 Å². The Morgan fingerprint density at radius 3 is 2.17 bits per heavy atom. The van der Waals surface area contributed by atoms with Crippen LogP contribution in [0.25, 0.3) is 0 Å². The maximum absolute atomic E-state index is 5.92. The normalized spacial score (nSPS) is 15.8. The SMILES string of the molecule is CCCCCCCCCCOc1ccc(CON2C(N)=NC(N)=NC2(C)C)cc1. The first kappa shape index (κ1) is 23.0. The van der Waals surface area contributed by atoms with Gasteiger partial charge in [0.05, 0.1) is 6.61 Å². The molecule has 162 valence electrons. The average molecular weight is 404 g/mol. The molecule has 0 aliphatic carbocycles. The van der Waals surface area contributed by atoms with Crippen molar-refractivity contribution in [1.82, 2.24) is 5.06 Å². The van der Waals surface area contributed by atoms with Gasteiger partial charge >= 0.3 is 0 Å². The Morgan fingerprint density at radius 1 is 0.931 bits per heavy atom. The van der Waals surface area contributed by atoms with Crippen LogP contribution in [-0.4, -0.2) is 29.3 Å². The van der Waals surface area contributed by atoms with Crippen LogP contribution in [0.1, 0.15) is 77.7 Å². The molecule has 7 nitrogen and oxygen atoms in total. The number of aliphatic imine (C=N–C) groups is 2. The van der Waals surface area contributed by atoms with Crippen LogP contribution in [-0.2, 0) is 11.4 Å². The van der Waals surface area contributed by atoms with Gasteiger partial charge in [-0.3, -0.25) is 4.84 Å². The molecule has 1 heterocycles. The lowest BCUT2D eigenvalue weighted by molar-refractivity contribution is -0.166. The summed E-state index contributed by atoms with van der Waals surface area (Å²) in [7, 11) is 0. The molecule has 1 aromatic rings. The highest BCUT2D eigenvalue weighted by molar-refractivity contribution is 5.95. The van der Waals surface area contributed by atoms with Gasteiger partial charge in [-0.05, 0) is 38.0 Å². The third-order valence-electron chi connectivity index (χ3n) is 4.87. The second-order valence-electron chi connectivity index (χ2n) is 7.97. The number of nitrogens with zero attached hydrogens (tertiary/aromatic N) is 3. The lowest BCUT2D eigenvalue weighted by atomic mass is 10.1. The molecule has 0 atom stereocenters. The van der Waals surface area contributed by atoms with Gasteiger partial charge in [0.2, 0.25) is 11.9 Å². The predicted molar refractivity (Wildman–Crippen MR) is 118 cm³/mol. The topological polar surface area (TPSA) is 98.5 Å². The first-order chi connectivity index (χ1) is 13.9. The van der Waals surface area contributed by atoms with Crippen molar-refractivity contribution in [3.63, 3.8) is 0 Å². The van der Waals surface area contributed by atoms with Gasteiger partial charge in [-0.1, -0.05) is 64.0 Å². The molecule has 0 unspecified atom stereocenters. The van der Waals surface area contributed by atoms with Crippen molar-refractivity contribution < 1.29 is 9.57 Å². The largest absolute Gasteiger partial charge is 0.494 e. The third-order valence-corrected chi connectivity index (χ3v) is 4.87. The number of hydroxylamine groups is 2. The summed E-state index contributed by atoms with van der Waals surface area (Å²) in [5.41, 5.74) is 11.9. The Kier molecular flexibility index (Phi) is 9.25. The molecule has 2 rings (SSSR count). The summed E-state index contributed by atoms with van der Waals surface area (Å²) in [6.45, 7) is 7.10. The lowest BCUT2D eigenvalue weighted by Crippen LogP contribution is -2.53. The highest BCUT2D eigenvalue weighted by atomic mass is 16.7. The molecule has 7 heteroatoms. The molecular weight excluding hydrogens is 366 g/mol. The summed E-state index contributed by atoms with van der Waals surface area (Å²) in [6, 6.07) is 7.92. The van der Waals surface area contributed by atoms with E-state index < -0.39 is 5.66 Å². The van der Waals surface area contributed by atoms with Gasteiger partial charge in [-0.15, -0.1) is 0 Å². The van der Waals surface area contributed by atoms with Gasteiger partial charge in [-0.2, -0.15) is 10.1 Å². The molecular formula is C22H37N5O2. The highest BCUT2D eigenvalue weighted by Crippen LogP contribution is 2.21. The Labute approximate surface area is 175 Å². The molecule has 0 fully saturated rings. The van der Waals surface area contributed by atoms with E-state index in [9.17, 15) is 0 Å². The van der Waals surface area contributed by atoms with Crippen molar-refractivity contribution in [2.24, 2.45) is 21.5 Å². The molecule has 4 N–H and O–H groups in total. The molecule has 0 saturated carbocycles. The monoisotopic (exact) mass is 403 g/mol. The smallest absolute Gasteiger partial charge is 0.226 e. The number of benzene rings is 1. The van der Waals surface area contributed by atoms with Crippen LogP contribution >= 0.6 is 0 Å². The summed E-state index contributed by atoms with van der Waals surface area (Å²) in [5.74, 6) is 1.24. The van der Waals surface area contributed by atoms with Gasteiger partial charge in [0.1, 0.15) is 12.4 Å². The Hall–Kier alpha value is -2.28. The molecule has 0 saturated heterocycles. The van der Waals surface area contributed by atoms with Gasteiger partial charge in [0.25, 0.3) is 0 Å². The zero-order valence-electron chi connectivity index (χ0n) is 18.2. The predicted octanol–water partition coefficient (Wildman–Crippen LogP) is 4.32. The summed E-state index contributed by atoms with van der Waals surface area (Å²) in [6.07, 6.45) is 10.4. The number of ether oxygens (including phenoxy) is 1. The van der Waals surface area contributed by atoms with Gasteiger partial charge in [0.15, 0.2) is 5.66 Å². The Balaban J connectivity index is 1.65. The van der Waals surface area contributed by atoms with Crippen molar-refractivity contribution in [1.29, 1.82) is 0 Å². The summed E-state index contributed by atoms with van der Waals surface area (Å²) >= 11 is 0. The maximum Gasteiger partial charge on any atom is 0.226 e. The fraction of sp³-hybridized carbons (Fsp3) is 0.636. The van der Waals surface area contributed by atoms with E-state index in [0.29, 0.717) is 6.61 Å². The number of guanidine groups is 2. The molecule has 1 aliphatic rings. The van der Waals surface area contributed by atoms with Crippen LogP contribution in [0.3, 0.4) is 0 Å². The number of hydrogen-bond acceptors (Lipinski definition) is 7. The number of unbranched alkanes of at least 4 members (excludes halogenated alkanes) is 7. The minimum absolute atomic E-state index is 0.158. The lowest BCUT2D eigenvalue weighted by Gasteiger charge is -2.36. The first-order valence-corrected chi connectivity index (χ1v) is 10.8. The van der Waals surface area contributed by atoms with Crippen LogP contribution in [0.2, 0.25) is 0 Å². The van der Waals surface area contributed by atoms with E-state index in [1.54, 1.807) is 0 Å². The highest BCUT2D eigenvalue weighted by Gasteiger charge is 2.33. The second-order valence-corrected chi connectivity index (χ2v) is 7.97. The standard InChI is InChI=1S/C22H37N5O2/c1-4-5-6-7-8-9-10-11-16-28-19-14-12-18(13-15-19)17-29-27-21(24)25-20(23)26-22(27,2)3/h12-15H,4-11,16-17H2,1-3H3,(H4,23,24,25,26). The summed E-state index contributed by atoms with van der Waals surface area (Å²) in [4.78, 5) is 14.0. The molecule has 0 bridgehead atoms. The molecule has 1 aliphatic heterocycles. The Bertz CT molecular complexity index is 670. The second kappa shape index (κ2) is 11.7. The quantitative estimate of drug-likeness (QED) is 0.478. The van der Waals surface area contributed by atoms with Gasteiger partial charge in [0, 0.05) is 0 Å². The van der Waals surface area contributed by atoms with Crippen LogP contribution in [0.15, 0.2) is 34.3 Å². The molecule has 0 spiro atoms. The van der Waals surface area contributed by atoms with E-state index in [4.69, 9.17) is 21.0 Å². The van der Waals surface area contributed by atoms with Crippen LogP contribution in [0.4, 0.5) is 0 Å². The van der Waals surface area contributed by atoms with Crippen molar-refractivity contribution in [2.45, 2.75) is 84.4 Å². The number of rotatable bonds is 13. The fourth-order valence-corrected chi connectivity index (χ4v) is 3.26. The van der Waals surface area contributed by atoms with E-state index in [1.807, 2.05) is 38.1 Å². The summed E-state index contributed by atoms with van der Waals surface area (Å²) in [5, 5.41) is 1.48. The molecule has 29 heavy (non-hydrogen) atoms. The Morgan fingerprint density at radius 2 is 1.55 bits per heavy atom. The molecule has 0 aromatic heterocycles. The van der Waals surface area contributed by atoms with Crippen molar-refractivity contribution >= 4 is 11.9 Å². The van der Waals surface area contributed by atoms with Gasteiger partial charge in [-0.25, -0.2) is 4.99 Å². The zero-order valence-corrected chi connectivity index (χ0v) is 18.2. The van der Waals surface area contributed by atoms with E-state index in [-0.39, 0.29) is 11.9 Å². The minimum Gasteiger partial charge on any atom is -0.494 e. The average Bonchev–Trinajstić information content (AvgIpc) is 2.66. The fourth-order valence-electron chi connectivity index (χ4n) is 3.26. The van der Waals surface area contributed by atoms with Crippen LogP contribution < -0.4 is 16.2 Å². The number of hydrogen-bond donors (Lipinski definition) is 2. The van der Waals surface area contributed by atoms with Crippen LogP contribution in [0, 0.1) is 0 Å². The number of nitrogens with two attached hydrogens (primary N) is 2. The van der Waals surface area contributed by atoms with Crippen molar-refractivity contribution in [2.75, 3.05) is 6.61 Å².